The van der Waals surface area contributed by atoms with Crippen molar-refractivity contribution >= 4 is 27.1 Å². The van der Waals surface area contributed by atoms with E-state index in [1.807, 2.05) is 37.6 Å². The number of rotatable bonds is 9. The standard InChI is InChI=1S/C22H27N5O4S/c1-15-5-7-20(17(3)11-15)25-32(30,31)19-6-8-21(22(12-19)27(28)29)24-13-16(2)14-26-10-9-23-18(26)4/h5-12,16,24-25H,13-14H2,1-4H3/t16-/m0/s1. The minimum Gasteiger partial charge on any atom is -0.379 e. The van der Waals surface area contributed by atoms with Crippen LogP contribution in [0.2, 0.25) is 0 Å². The molecule has 0 saturated heterocycles. The molecule has 1 heterocycles. The van der Waals surface area contributed by atoms with Crippen LogP contribution in [0.4, 0.5) is 17.1 Å². The Morgan fingerprint density at radius 3 is 2.47 bits per heavy atom. The van der Waals surface area contributed by atoms with Crippen molar-refractivity contribution in [3.05, 3.63) is 75.9 Å². The Labute approximate surface area is 187 Å². The van der Waals surface area contributed by atoms with Crippen molar-refractivity contribution in [1.29, 1.82) is 0 Å². The molecule has 1 aromatic heterocycles. The normalized spacial score (nSPS) is 12.4. The molecule has 0 aliphatic carbocycles. The molecule has 9 nitrogen and oxygen atoms in total. The average Bonchev–Trinajstić information content (AvgIpc) is 3.12. The van der Waals surface area contributed by atoms with Gasteiger partial charge in [-0.15, -0.1) is 0 Å². The summed E-state index contributed by atoms with van der Waals surface area (Å²) in [5.74, 6) is 1.06. The van der Waals surface area contributed by atoms with Gasteiger partial charge in [0, 0.05) is 31.5 Å². The highest BCUT2D eigenvalue weighted by atomic mass is 32.2. The van der Waals surface area contributed by atoms with Crippen molar-refractivity contribution < 1.29 is 13.3 Å². The zero-order valence-electron chi connectivity index (χ0n) is 18.5. The van der Waals surface area contributed by atoms with Gasteiger partial charge < -0.3 is 9.88 Å². The van der Waals surface area contributed by atoms with Crippen LogP contribution in [0, 0.1) is 36.8 Å². The summed E-state index contributed by atoms with van der Waals surface area (Å²) in [7, 11) is -3.98. The molecule has 0 aliphatic rings. The molecule has 170 valence electrons. The molecule has 0 spiro atoms. The number of imidazole rings is 1. The van der Waals surface area contributed by atoms with Crippen LogP contribution in [0.5, 0.6) is 0 Å². The number of hydrogen-bond acceptors (Lipinski definition) is 6. The maximum atomic E-state index is 12.8. The SMILES string of the molecule is Cc1ccc(NS(=O)(=O)c2ccc(NC[C@H](C)Cn3ccnc3C)c([N+](=O)[O-])c2)c(C)c1. The Morgan fingerprint density at radius 2 is 1.84 bits per heavy atom. The van der Waals surface area contributed by atoms with E-state index in [2.05, 4.69) is 15.0 Å². The third-order valence-electron chi connectivity index (χ3n) is 5.18. The first-order valence-electron chi connectivity index (χ1n) is 10.2. The fourth-order valence-electron chi connectivity index (χ4n) is 3.39. The first-order chi connectivity index (χ1) is 15.1. The summed E-state index contributed by atoms with van der Waals surface area (Å²) in [6.45, 7) is 8.83. The molecule has 0 fully saturated rings. The molecule has 0 unspecified atom stereocenters. The first-order valence-corrected chi connectivity index (χ1v) is 11.7. The molecule has 1 atom stereocenters. The lowest BCUT2D eigenvalue weighted by molar-refractivity contribution is -0.384. The minimum absolute atomic E-state index is 0.164. The van der Waals surface area contributed by atoms with Gasteiger partial charge in [-0.25, -0.2) is 13.4 Å². The van der Waals surface area contributed by atoms with E-state index in [0.717, 1.165) is 23.0 Å². The van der Waals surface area contributed by atoms with Crippen molar-refractivity contribution in [3.8, 4) is 0 Å². The summed E-state index contributed by atoms with van der Waals surface area (Å²) >= 11 is 0. The molecule has 0 amide bonds. The fourth-order valence-corrected chi connectivity index (χ4v) is 4.54. The van der Waals surface area contributed by atoms with Crippen molar-refractivity contribution in [2.45, 2.75) is 39.1 Å². The van der Waals surface area contributed by atoms with Crippen LogP contribution in [-0.4, -0.2) is 29.4 Å². The average molecular weight is 458 g/mol. The van der Waals surface area contributed by atoms with E-state index >= 15 is 0 Å². The van der Waals surface area contributed by atoms with E-state index in [-0.39, 0.29) is 22.2 Å². The zero-order valence-corrected chi connectivity index (χ0v) is 19.3. The molecule has 0 aliphatic heterocycles. The maximum absolute atomic E-state index is 12.8. The quantitative estimate of drug-likeness (QED) is 0.366. The number of hydrogen-bond donors (Lipinski definition) is 2. The second-order valence-electron chi connectivity index (χ2n) is 7.97. The maximum Gasteiger partial charge on any atom is 0.293 e. The Kier molecular flexibility index (Phi) is 6.83. The number of benzene rings is 2. The summed E-state index contributed by atoms with van der Waals surface area (Å²) in [5.41, 5.74) is 2.19. The van der Waals surface area contributed by atoms with Gasteiger partial charge in [-0.05, 0) is 50.5 Å². The van der Waals surface area contributed by atoms with Gasteiger partial charge in [0.15, 0.2) is 0 Å². The van der Waals surface area contributed by atoms with Gasteiger partial charge in [0.2, 0.25) is 0 Å². The summed E-state index contributed by atoms with van der Waals surface area (Å²) in [5, 5.41) is 14.7. The second-order valence-corrected chi connectivity index (χ2v) is 9.66. The van der Waals surface area contributed by atoms with E-state index < -0.39 is 14.9 Å². The number of aromatic nitrogens is 2. The fraction of sp³-hybridized carbons (Fsp3) is 0.318. The molecule has 3 aromatic rings. The third-order valence-corrected chi connectivity index (χ3v) is 6.54. The van der Waals surface area contributed by atoms with E-state index in [1.165, 1.54) is 12.1 Å². The van der Waals surface area contributed by atoms with Gasteiger partial charge in [-0.1, -0.05) is 24.6 Å². The minimum atomic E-state index is -3.98. The summed E-state index contributed by atoms with van der Waals surface area (Å²) in [6, 6.07) is 9.22. The lowest BCUT2D eigenvalue weighted by Gasteiger charge is -2.16. The topological polar surface area (TPSA) is 119 Å². The predicted octanol–water partition coefficient (Wildman–Crippen LogP) is 4.27. The molecule has 10 heteroatoms. The molecule has 32 heavy (non-hydrogen) atoms. The molecule has 0 bridgehead atoms. The highest BCUT2D eigenvalue weighted by Gasteiger charge is 2.22. The highest BCUT2D eigenvalue weighted by Crippen LogP contribution is 2.29. The van der Waals surface area contributed by atoms with Gasteiger partial charge in [-0.3, -0.25) is 14.8 Å². The van der Waals surface area contributed by atoms with Crippen molar-refractivity contribution in [2.24, 2.45) is 5.92 Å². The number of nitro benzene ring substituents is 1. The third kappa shape index (κ3) is 5.44. The van der Waals surface area contributed by atoms with Crippen LogP contribution < -0.4 is 10.0 Å². The highest BCUT2D eigenvalue weighted by molar-refractivity contribution is 7.92. The van der Waals surface area contributed by atoms with Crippen LogP contribution in [0.15, 0.2) is 53.7 Å². The van der Waals surface area contributed by atoms with E-state index in [1.54, 1.807) is 25.3 Å². The van der Waals surface area contributed by atoms with E-state index in [0.29, 0.717) is 18.8 Å². The number of nitrogens with zero attached hydrogens (tertiary/aromatic N) is 3. The number of nitrogens with one attached hydrogen (secondary N) is 2. The molecule has 3 rings (SSSR count). The Bertz CT molecular complexity index is 1240. The van der Waals surface area contributed by atoms with E-state index in [9.17, 15) is 18.5 Å². The summed E-state index contributed by atoms with van der Waals surface area (Å²) in [6.07, 6.45) is 3.61. The predicted molar refractivity (Wildman–Crippen MR) is 124 cm³/mol. The van der Waals surface area contributed by atoms with Crippen molar-refractivity contribution in [2.75, 3.05) is 16.6 Å². The monoisotopic (exact) mass is 457 g/mol. The number of sulfonamides is 1. The molecule has 0 saturated carbocycles. The smallest absolute Gasteiger partial charge is 0.293 e. The number of aryl methyl sites for hydroxylation is 3. The summed E-state index contributed by atoms with van der Waals surface area (Å²) in [4.78, 5) is 15.1. The first kappa shape index (κ1) is 23.3. The lowest BCUT2D eigenvalue weighted by atomic mass is 10.1. The Balaban J connectivity index is 1.77. The molecule has 2 N–H and O–H groups in total. The van der Waals surface area contributed by atoms with Gasteiger partial charge >= 0.3 is 0 Å². The van der Waals surface area contributed by atoms with Gasteiger partial charge in [0.25, 0.3) is 15.7 Å². The number of nitro groups is 1. The van der Waals surface area contributed by atoms with Crippen LogP contribution >= 0.6 is 0 Å². The van der Waals surface area contributed by atoms with E-state index in [4.69, 9.17) is 0 Å². The summed E-state index contributed by atoms with van der Waals surface area (Å²) < 4.78 is 30.2. The zero-order chi connectivity index (χ0) is 23.5. The molecule has 0 radical (unpaired) electrons. The molecule has 2 aromatic carbocycles. The van der Waals surface area contributed by atoms with Gasteiger partial charge in [0.1, 0.15) is 11.5 Å². The molecular weight excluding hydrogens is 430 g/mol. The Morgan fingerprint density at radius 1 is 1.12 bits per heavy atom. The number of anilines is 2. The van der Waals surface area contributed by atoms with Crippen LogP contribution in [0.3, 0.4) is 0 Å². The second kappa shape index (κ2) is 9.39. The Hall–Kier alpha value is -3.40. The lowest BCUT2D eigenvalue weighted by Crippen LogP contribution is -2.18. The van der Waals surface area contributed by atoms with Crippen LogP contribution in [-0.2, 0) is 16.6 Å². The largest absolute Gasteiger partial charge is 0.379 e. The molecular formula is C22H27N5O4S. The van der Waals surface area contributed by atoms with Crippen molar-refractivity contribution in [3.63, 3.8) is 0 Å². The van der Waals surface area contributed by atoms with Gasteiger partial charge in [-0.2, -0.15) is 0 Å². The van der Waals surface area contributed by atoms with Crippen molar-refractivity contribution in [1.82, 2.24) is 9.55 Å². The van der Waals surface area contributed by atoms with Crippen LogP contribution in [0.25, 0.3) is 0 Å². The van der Waals surface area contributed by atoms with Gasteiger partial charge in [0.05, 0.1) is 15.5 Å². The van der Waals surface area contributed by atoms with Crippen LogP contribution in [0.1, 0.15) is 23.9 Å².